The zero-order valence-corrected chi connectivity index (χ0v) is 13.8. The van der Waals surface area contributed by atoms with Crippen LogP contribution in [0.3, 0.4) is 0 Å². The molecule has 0 spiro atoms. The number of rotatable bonds is 5. The Balaban J connectivity index is 1.53. The first-order valence-corrected chi connectivity index (χ1v) is 7.93. The topological polar surface area (TPSA) is 71.1 Å². The van der Waals surface area contributed by atoms with Crippen LogP contribution in [-0.4, -0.2) is 32.3 Å². The van der Waals surface area contributed by atoms with Crippen molar-refractivity contribution in [3.63, 3.8) is 0 Å². The molecular formula is C19H18O6. The van der Waals surface area contributed by atoms with Gasteiger partial charge in [-0.15, -0.1) is 0 Å². The van der Waals surface area contributed by atoms with E-state index >= 15 is 0 Å². The highest BCUT2D eigenvalue weighted by molar-refractivity contribution is 5.89. The Morgan fingerprint density at radius 2 is 1.72 bits per heavy atom. The van der Waals surface area contributed by atoms with Crippen molar-refractivity contribution in [2.75, 3.05) is 20.3 Å². The number of ether oxygens (including phenoxy) is 4. The smallest absolute Gasteiger partial charge is 0.337 e. The summed E-state index contributed by atoms with van der Waals surface area (Å²) in [7, 11) is 1.31. The van der Waals surface area contributed by atoms with E-state index in [1.807, 2.05) is 18.2 Å². The van der Waals surface area contributed by atoms with Crippen molar-refractivity contribution < 1.29 is 28.5 Å². The van der Waals surface area contributed by atoms with Crippen molar-refractivity contribution in [2.24, 2.45) is 0 Å². The van der Waals surface area contributed by atoms with Crippen LogP contribution < -0.4 is 14.2 Å². The minimum absolute atomic E-state index is 0.235. The van der Waals surface area contributed by atoms with Crippen LogP contribution in [0.4, 0.5) is 0 Å². The summed E-state index contributed by atoms with van der Waals surface area (Å²) < 4.78 is 20.9. The van der Waals surface area contributed by atoms with Gasteiger partial charge in [0.1, 0.15) is 19.0 Å². The van der Waals surface area contributed by atoms with E-state index in [4.69, 9.17) is 14.2 Å². The molecule has 2 aromatic carbocycles. The molecule has 6 heteroatoms. The predicted octanol–water partition coefficient (Wildman–Crippen LogP) is 2.78. The number of hydrogen-bond donors (Lipinski definition) is 0. The molecule has 1 aliphatic rings. The number of carbonyl (C=O) groups excluding carboxylic acids is 2. The second-order valence-electron chi connectivity index (χ2n) is 5.47. The van der Waals surface area contributed by atoms with E-state index < -0.39 is 5.97 Å². The van der Waals surface area contributed by atoms with Crippen LogP contribution in [0.5, 0.6) is 17.2 Å². The van der Waals surface area contributed by atoms with Crippen LogP contribution in [0.1, 0.15) is 22.3 Å². The molecule has 1 aliphatic heterocycles. The summed E-state index contributed by atoms with van der Waals surface area (Å²) in [5, 5.41) is 0. The van der Waals surface area contributed by atoms with Gasteiger partial charge in [0.25, 0.3) is 0 Å². The van der Waals surface area contributed by atoms with Gasteiger partial charge in [-0.2, -0.15) is 0 Å². The molecule has 130 valence electrons. The summed E-state index contributed by atoms with van der Waals surface area (Å²) in [5.74, 6) is 1.04. The molecule has 0 aliphatic carbocycles. The summed E-state index contributed by atoms with van der Waals surface area (Å²) >= 11 is 0. The summed E-state index contributed by atoms with van der Waals surface area (Å²) in [6.07, 6.45) is 0.772. The van der Waals surface area contributed by atoms with Gasteiger partial charge in [0.2, 0.25) is 0 Å². The molecule has 25 heavy (non-hydrogen) atoms. The summed E-state index contributed by atoms with van der Waals surface area (Å²) in [5.41, 5.74) is 1.38. The van der Waals surface area contributed by atoms with Gasteiger partial charge >= 0.3 is 11.9 Å². The average molecular weight is 342 g/mol. The largest absolute Gasteiger partial charge is 0.486 e. The predicted molar refractivity (Wildman–Crippen MR) is 89.2 cm³/mol. The summed E-state index contributed by atoms with van der Waals surface area (Å²) in [6.45, 7) is 1.08. The molecule has 1 heterocycles. The zero-order chi connectivity index (χ0) is 17.6. The number of esters is 2. The lowest BCUT2D eigenvalue weighted by molar-refractivity contribution is -0.134. The second kappa shape index (κ2) is 7.70. The number of carbonyl (C=O) groups is 2. The van der Waals surface area contributed by atoms with Gasteiger partial charge in [0.15, 0.2) is 11.5 Å². The first-order valence-electron chi connectivity index (χ1n) is 7.93. The second-order valence-corrected chi connectivity index (χ2v) is 5.47. The Bertz CT molecular complexity index is 766. The van der Waals surface area contributed by atoms with Crippen LogP contribution >= 0.6 is 0 Å². The molecule has 6 nitrogen and oxygen atoms in total. The van der Waals surface area contributed by atoms with E-state index in [-0.39, 0.29) is 12.4 Å². The Morgan fingerprint density at radius 3 is 2.44 bits per heavy atom. The van der Waals surface area contributed by atoms with Crippen molar-refractivity contribution >= 4 is 11.9 Å². The van der Waals surface area contributed by atoms with E-state index in [0.29, 0.717) is 36.7 Å². The molecule has 0 atom stereocenters. The molecule has 0 saturated carbocycles. The van der Waals surface area contributed by atoms with Crippen molar-refractivity contribution in [3.8, 4) is 17.2 Å². The fourth-order valence-corrected chi connectivity index (χ4v) is 2.45. The Hall–Kier alpha value is -3.02. The van der Waals surface area contributed by atoms with Gasteiger partial charge in [-0.25, -0.2) is 4.79 Å². The van der Waals surface area contributed by atoms with Crippen molar-refractivity contribution in [1.82, 2.24) is 0 Å². The summed E-state index contributed by atoms with van der Waals surface area (Å²) in [6, 6.07) is 11.9. The molecular weight excluding hydrogens is 324 g/mol. The molecule has 0 amide bonds. The van der Waals surface area contributed by atoms with Crippen molar-refractivity contribution in [3.05, 3.63) is 53.6 Å². The maximum atomic E-state index is 12.0. The van der Waals surface area contributed by atoms with Crippen LogP contribution in [-0.2, 0) is 16.0 Å². The highest BCUT2D eigenvalue weighted by atomic mass is 16.6. The third-order valence-electron chi connectivity index (χ3n) is 3.73. The normalized spacial score (nSPS) is 12.4. The lowest BCUT2D eigenvalue weighted by Crippen LogP contribution is -2.15. The number of benzene rings is 2. The quantitative estimate of drug-likeness (QED) is 0.615. The Kier molecular flexibility index (Phi) is 5.18. The van der Waals surface area contributed by atoms with Gasteiger partial charge in [-0.05, 0) is 48.4 Å². The molecule has 0 saturated heterocycles. The van der Waals surface area contributed by atoms with Crippen molar-refractivity contribution in [2.45, 2.75) is 12.8 Å². The maximum Gasteiger partial charge on any atom is 0.337 e. The zero-order valence-electron chi connectivity index (χ0n) is 13.8. The monoisotopic (exact) mass is 342 g/mol. The molecule has 0 fully saturated rings. The molecule has 2 aromatic rings. The molecule has 0 N–H and O–H groups in total. The number of hydrogen-bond acceptors (Lipinski definition) is 6. The van der Waals surface area contributed by atoms with Crippen LogP contribution in [0.2, 0.25) is 0 Å². The maximum absolute atomic E-state index is 12.0. The third kappa shape index (κ3) is 4.29. The minimum Gasteiger partial charge on any atom is -0.486 e. The van der Waals surface area contributed by atoms with E-state index in [9.17, 15) is 9.59 Å². The minimum atomic E-state index is -0.434. The van der Waals surface area contributed by atoms with Crippen LogP contribution in [0.15, 0.2) is 42.5 Å². The first kappa shape index (κ1) is 16.8. The van der Waals surface area contributed by atoms with Gasteiger partial charge in [-0.3, -0.25) is 4.79 Å². The van der Waals surface area contributed by atoms with Gasteiger partial charge < -0.3 is 18.9 Å². The number of aryl methyl sites for hydroxylation is 1. The summed E-state index contributed by atoms with van der Waals surface area (Å²) in [4.78, 5) is 23.3. The van der Waals surface area contributed by atoms with E-state index in [2.05, 4.69) is 4.74 Å². The van der Waals surface area contributed by atoms with Crippen LogP contribution in [0, 0.1) is 0 Å². The number of methoxy groups -OCH3 is 1. The fraction of sp³-hybridized carbons (Fsp3) is 0.263. The third-order valence-corrected chi connectivity index (χ3v) is 3.73. The lowest BCUT2D eigenvalue weighted by Gasteiger charge is -2.18. The molecule has 0 aromatic heterocycles. The SMILES string of the molecule is COC(=O)c1ccc(OC(=O)CCc2ccc3c(c2)OCCO3)cc1. The van der Waals surface area contributed by atoms with E-state index in [1.165, 1.54) is 7.11 Å². The molecule has 3 rings (SSSR count). The number of fused-ring (bicyclic) bond motifs is 1. The fourth-order valence-electron chi connectivity index (χ4n) is 2.45. The Labute approximate surface area is 145 Å². The first-order chi connectivity index (χ1) is 12.2. The highest BCUT2D eigenvalue weighted by Gasteiger charge is 2.13. The average Bonchev–Trinajstić information content (AvgIpc) is 2.66. The van der Waals surface area contributed by atoms with Crippen molar-refractivity contribution in [1.29, 1.82) is 0 Å². The molecule has 0 unspecified atom stereocenters. The highest BCUT2D eigenvalue weighted by Crippen LogP contribution is 2.31. The van der Waals surface area contributed by atoms with Gasteiger partial charge in [-0.1, -0.05) is 6.07 Å². The lowest BCUT2D eigenvalue weighted by atomic mass is 10.1. The van der Waals surface area contributed by atoms with E-state index in [0.717, 1.165) is 11.3 Å². The molecule has 0 radical (unpaired) electrons. The van der Waals surface area contributed by atoms with E-state index in [1.54, 1.807) is 24.3 Å². The standard InChI is InChI=1S/C19H18O6/c1-22-19(21)14-4-6-15(7-5-14)25-18(20)9-3-13-2-8-16-17(12-13)24-11-10-23-16/h2,4-8,12H,3,9-11H2,1H3. The molecule has 0 bridgehead atoms. The van der Waals surface area contributed by atoms with Gasteiger partial charge in [0, 0.05) is 6.42 Å². The Morgan fingerprint density at radius 1 is 1.00 bits per heavy atom. The van der Waals surface area contributed by atoms with Gasteiger partial charge in [0.05, 0.1) is 12.7 Å². The van der Waals surface area contributed by atoms with Crippen LogP contribution in [0.25, 0.3) is 0 Å².